The molecule has 0 unspecified atom stereocenters. The van der Waals surface area contributed by atoms with Crippen LogP contribution in [0.2, 0.25) is 0 Å². The number of phenols is 1. The largest absolute Gasteiger partial charge is 0.507 e. The number of aromatic hydroxyl groups is 1. The van der Waals surface area contributed by atoms with Gasteiger partial charge in [0.05, 0.1) is 12.2 Å². The minimum absolute atomic E-state index is 0.0137. The number of hydrogen-bond donors (Lipinski definition) is 1. The van der Waals surface area contributed by atoms with Crippen molar-refractivity contribution in [3.05, 3.63) is 28.2 Å². The summed E-state index contributed by atoms with van der Waals surface area (Å²) in [6.07, 6.45) is 0. The second-order valence-corrected chi connectivity index (χ2v) is 5.34. The quantitative estimate of drug-likeness (QED) is 0.772. The smallest absolute Gasteiger partial charge is 0.257 e. The zero-order valence-electron chi connectivity index (χ0n) is 10.0. The molecule has 0 heterocycles. The Morgan fingerprint density at radius 2 is 2.17 bits per heavy atom. The highest BCUT2D eigenvalue weighted by molar-refractivity contribution is 9.10. The van der Waals surface area contributed by atoms with Gasteiger partial charge in [0.25, 0.3) is 5.91 Å². The summed E-state index contributed by atoms with van der Waals surface area (Å²) in [5, 5.41) is 10.4. The molecule has 0 aliphatic heterocycles. The summed E-state index contributed by atoms with van der Waals surface area (Å²) >= 11 is 6.60. The zero-order chi connectivity index (χ0) is 13.5. The zero-order valence-corrected chi connectivity index (χ0v) is 13.2. The molecule has 0 aromatic heterocycles. The van der Waals surface area contributed by atoms with E-state index in [0.717, 1.165) is 4.47 Å². The molecule has 0 spiro atoms. The maximum Gasteiger partial charge on any atom is 0.257 e. The maximum absolute atomic E-state index is 12.3. The molecular formula is C12H15Br2NO3. The third-order valence-electron chi connectivity index (χ3n) is 2.40. The number of hydrogen-bond acceptors (Lipinski definition) is 3. The van der Waals surface area contributed by atoms with Gasteiger partial charge in [0.15, 0.2) is 0 Å². The molecule has 0 bridgehead atoms. The van der Waals surface area contributed by atoms with Crippen LogP contribution in [0.15, 0.2) is 22.7 Å². The van der Waals surface area contributed by atoms with E-state index in [1.807, 2.05) is 0 Å². The SMILES string of the molecule is COCCN(CCBr)C(=O)c1cc(Br)ccc1O. The summed E-state index contributed by atoms with van der Waals surface area (Å²) in [5.74, 6) is -0.217. The normalized spacial score (nSPS) is 10.4. The van der Waals surface area contributed by atoms with E-state index in [-0.39, 0.29) is 11.7 Å². The number of phenolic OH excluding ortho intramolecular Hbond substituents is 1. The van der Waals surface area contributed by atoms with E-state index in [2.05, 4.69) is 31.9 Å². The van der Waals surface area contributed by atoms with Gasteiger partial charge in [-0.15, -0.1) is 0 Å². The Hall–Kier alpha value is -0.590. The molecular weight excluding hydrogens is 366 g/mol. The van der Waals surface area contributed by atoms with E-state index in [0.29, 0.717) is 30.6 Å². The number of alkyl halides is 1. The van der Waals surface area contributed by atoms with Gasteiger partial charge < -0.3 is 14.7 Å². The van der Waals surface area contributed by atoms with Crippen molar-refractivity contribution in [3.63, 3.8) is 0 Å². The number of benzene rings is 1. The first kappa shape index (κ1) is 15.5. The molecule has 0 atom stereocenters. The number of rotatable bonds is 6. The fourth-order valence-corrected chi connectivity index (χ4v) is 2.26. The lowest BCUT2D eigenvalue weighted by Gasteiger charge is -2.22. The molecule has 4 nitrogen and oxygen atoms in total. The first-order valence-electron chi connectivity index (χ1n) is 5.42. The van der Waals surface area contributed by atoms with Crippen molar-refractivity contribution in [3.8, 4) is 5.75 Å². The maximum atomic E-state index is 12.3. The lowest BCUT2D eigenvalue weighted by atomic mass is 10.1. The lowest BCUT2D eigenvalue weighted by molar-refractivity contribution is 0.0706. The predicted octanol–water partition coefficient (Wildman–Crippen LogP) is 2.64. The molecule has 0 radical (unpaired) electrons. The van der Waals surface area contributed by atoms with Gasteiger partial charge in [-0.25, -0.2) is 0 Å². The van der Waals surface area contributed by atoms with Crippen LogP contribution < -0.4 is 0 Å². The van der Waals surface area contributed by atoms with Gasteiger partial charge in [-0.2, -0.15) is 0 Å². The summed E-state index contributed by atoms with van der Waals surface area (Å²) in [4.78, 5) is 13.9. The molecule has 1 aromatic rings. The van der Waals surface area contributed by atoms with Gasteiger partial charge in [-0.05, 0) is 18.2 Å². The minimum Gasteiger partial charge on any atom is -0.507 e. The van der Waals surface area contributed by atoms with Crippen molar-refractivity contribution < 1.29 is 14.6 Å². The molecule has 0 saturated heterocycles. The number of carbonyl (C=O) groups excluding carboxylic acids is 1. The van der Waals surface area contributed by atoms with Crippen LogP contribution in [0.25, 0.3) is 0 Å². The monoisotopic (exact) mass is 379 g/mol. The summed E-state index contributed by atoms with van der Waals surface area (Å²) in [6.45, 7) is 1.52. The van der Waals surface area contributed by atoms with Crippen LogP contribution in [-0.4, -0.2) is 48.0 Å². The van der Waals surface area contributed by atoms with Gasteiger partial charge in [-0.3, -0.25) is 4.79 Å². The summed E-state index contributed by atoms with van der Waals surface area (Å²) < 4.78 is 5.74. The van der Waals surface area contributed by atoms with Crippen molar-refractivity contribution in [1.29, 1.82) is 0 Å². The van der Waals surface area contributed by atoms with Gasteiger partial charge in [0, 0.05) is 30.0 Å². The summed E-state index contributed by atoms with van der Waals surface area (Å²) in [5.41, 5.74) is 0.293. The molecule has 0 saturated carbocycles. The topological polar surface area (TPSA) is 49.8 Å². The third kappa shape index (κ3) is 4.26. The van der Waals surface area contributed by atoms with E-state index >= 15 is 0 Å². The van der Waals surface area contributed by atoms with Gasteiger partial charge in [0.2, 0.25) is 0 Å². The van der Waals surface area contributed by atoms with Crippen molar-refractivity contribution in [2.75, 3.05) is 32.1 Å². The Balaban J connectivity index is 2.90. The molecule has 1 N–H and O–H groups in total. The predicted molar refractivity (Wildman–Crippen MR) is 77.4 cm³/mol. The van der Waals surface area contributed by atoms with Crippen LogP contribution >= 0.6 is 31.9 Å². The van der Waals surface area contributed by atoms with Crippen LogP contribution in [0.4, 0.5) is 0 Å². The van der Waals surface area contributed by atoms with Crippen LogP contribution in [-0.2, 0) is 4.74 Å². The third-order valence-corrected chi connectivity index (χ3v) is 3.24. The Kier molecular flexibility index (Phi) is 6.67. The van der Waals surface area contributed by atoms with E-state index < -0.39 is 0 Å². The average molecular weight is 381 g/mol. The number of halogens is 2. The molecule has 1 amide bonds. The van der Waals surface area contributed by atoms with E-state index in [4.69, 9.17) is 4.74 Å². The standard InChI is InChI=1S/C12H15Br2NO3/c1-18-7-6-15(5-4-13)12(17)10-8-9(14)2-3-11(10)16/h2-3,8,16H,4-7H2,1H3. The molecule has 0 aliphatic rings. The fraction of sp³-hybridized carbons (Fsp3) is 0.417. The first-order chi connectivity index (χ1) is 8.60. The molecule has 1 aromatic carbocycles. The highest BCUT2D eigenvalue weighted by Gasteiger charge is 2.18. The number of methoxy groups -OCH3 is 1. The second kappa shape index (κ2) is 7.76. The molecule has 0 aliphatic carbocycles. The summed E-state index contributed by atoms with van der Waals surface area (Å²) in [7, 11) is 1.59. The Labute approximate surface area is 123 Å². The van der Waals surface area contributed by atoms with Crippen molar-refractivity contribution in [2.45, 2.75) is 0 Å². The van der Waals surface area contributed by atoms with Gasteiger partial charge in [-0.1, -0.05) is 31.9 Å². The molecule has 100 valence electrons. The van der Waals surface area contributed by atoms with Crippen LogP contribution in [0.5, 0.6) is 5.75 Å². The number of amides is 1. The Morgan fingerprint density at radius 1 is 1.44 bits per heavy atom. The molecule has 6 heteroatoms. The first-order valence-corrected chi connectivity index (χ1v) is 7.34. The second-order valence-electron chi connectivity index (χ2n) is 3.64. The number of nitrogens with zero attached hydrogens (tertiary/aromatic N) is 1. The Morgan fingerprint density at radius 3 is 2.78 bits per heavy atom. The average Bonchev–Trinajstić information content (AvgIpc) is 2.36. The fourth-order valence-electron chi connectivity index (χ4n) is 1.47. The van der Waals surface area contributed by atoms with E-state index in [1.165, 1.54) is 6.07 Å². The summed E-state index contributed by atoms with van der Waals surface area (Å²) in [6, 6.07) is 4.81. The molecule has 0 fully saturated rings. The minimum atomic E-state index is -0.203. The van der Waals surface area contributed by atoms with E-state index in [9.17, 15) is 9.90 Å². The van der Waals surface area contributed by atoms with Crippen LogP contribution in [0, 0.1) is 0 Å². The van der Waals surface area contributed by atoms with Crippen molar-refractivity contribution in [1.82, 2.24) is 4.90 Å². The van der Waals surface area contributed by atoms with Crippen LogP contribution in [0.3, 0.4) is 0 Å². The van der Waals surface area contributed by atoms with Crippen LogP contribution in [0.1, 0.15) is 10.4 Å². The Bertz CT molecular complexity index is 412. The highest BCUT2D eigenvalue weighted by atomic mass is 79.9. The lowest BCUT2D eigenvalue weighted by Crippen LogP contribution is -2.35. The van der Waals surface area contributed by atoms with Crippen molar-refractivity contribution >= 4 is 37.8 Å². The molecule has 1 rings (SSSR count). The number of ether oxygens (including phenoxy) is 1. The molecule has 18 heavy (non-hydrogen) atoms. The highest BCUT2D eigenvalue weighted by Crippen LogP contribution is 2.23. The van der Waals surface area contributed by atoms with Gasteiger partial charge in [0.1, 0.15) is 5.75 Å². The van der Waals surface area contributed by atoms with Gasteiger partial charge >= 0.3 is 0 Å². The number of carbonyl (C=O) groups is 1. The van der Waals surface area contributed by atoms with E-state index in [1.54, 1.807) is 24.1 Å². The van der Waals surface area contributed by atoms with Crippen molar-refractivity contribution in [2.24, 2.45) is 0 Å².